The number of aliphatic carboxylic acids is 1. The quantitative estimate of drug-likeness (QED) is 0.575. The Hall–Kier alpha value is -2.74. The van der Waals surface area contributed by atoms with E-state index >= 15 is 0 Å². The van der Waals surface area contributed by atoms with E-state index in [0.29, 0.717) is 16.8 Å². The fraction of sp³-hybridized carbons (Fsp3) is 0.294. The molecule has 4 N–H and O–H groups in total. The summed E-state index contributed by atoms with van der Waals surface area (Å²) in [4.78, 5) is 26.8. The summed E-state index contributed by atoms with van der Waals surface area (Å²) in [5.74, 6) is -0.749. The van der Waals surface area contributed by atoms with Crippen molar-refractivity contribution in [2.75, 3.05) is 0 Å². The van der Waals surface area contributed by atoms with E-state index in [4.69, 9.17) is 20.1 Å². The zero-order valence-electron chi connectivity index (χ0n) is 14.8. The van der Waals surface area contributed by atoms with Crippen LogP contribution in [-0.2, 0) is 17.9 Å². The van der Waals surface area contributed by atoms with Crippen LogP contribution in [0, 0.1) is 6.92 Å². The number of benzene rings is 1. The predicted molar refractivity (Wildman–Crippen MR) is 96.4 cm³/mol. The van der Waals surface area contributed by atoms with Gasteiger partial charge in [-0.25, -0.2) is 4.79 Å². The number of aromatic nitrogens is 1. The number of nitrogens with two attached hydrogens (primary N) is 1. The number of hydrogen-bond donors (Lipinski definition) is 3. The molecule has 10 heteroatoms. The topological polar surface area (TPSA) is 150 Å². The molecule has 0 aliphatic rings. The standard InChI is InChI=1S/C17H20N3O6P/c1-10-16(21)13(7-18)12(8-19-10)9-25-14-5-3-4-6-15(14)26-27(24)20-11(2)17(22)23/h3-6,8,11,21H,7,9,18H2,1-2H3,(H,22,23). The van der Waals surface area contributed by atoms with Crippen LogP contribution in [-0.4, -0.2) is 27.2 Å². The number of carbonyl (C=O) groups is 1. The molecular weight excluding hydrogens is 373 g/mol. The molecule has 0 aliphatic heterocycles. The van der Waals surface area contributed by atoms with Crippen molar-refractivity contribution in [1.29, 1.82) is 0 Å². The zero-order valence-corrected chi connectivity index (χ0v) is 15.7. The number of rotatable bonds is 8. The summed E-state index contributed by atoms with van der Waals surface area (Å²) in [7, 11) is -2.59. The maximum absolute atomic E-state index is 11.9. The number of carboxylic acids is 1. The van der Waals surface area contributed by atoms with E-state index in [1.165, 1.54) is 13.0 Å². The first-order valence-electron chi connectivity index (χ1n) is 8.00. The molecule has 2 atom stereocenters. The normalized spacial score (nSPS) is 12.5. The van der Waals surface area contributed by atoms with Gasteiger partial charge in [-0.1, -0.05) is 16.9 Å². The highest BCUT2D eigenvalue weighted by Gasteiger charge is 2.18. The molecule has 9 nitrogen and oxygen atoms in total. The van der Waals surface area contributed by atoms with Gasteiger partial charge in [0, 0.05) is 23.9 Å². The van der Waals surface area contributed by atoms with E-state index in [1.807, 2.05) is 0 Å². The lowest BCUT2D eigenvalue weighted by molar-refractivity contribution is -0.169. The summed E-state index contributed by atoms with van der Waals surface area (Å²) >= 11 is 0. The molecule has 0 saturated heterocycles. The van der Waals surface area contributed by atoms with Crippen LogP contribution in [0.25, 0.3) is 0 Å². The Kier molecular flexibility index (Phi) is 7.06. The minimum atomic E-state index is -2.59. The monoisotopic (exact) mass is 393 g/mol. The summed E-state index contributed by atoms with van der Waals surface area (Å²) in [6.45, 7) is 3.13. The third-order valence-corrected chi connectivity index (χ3v) is 4.56. The molecule has 27 heavy (non-hydrogen) atoms. The van der Waals surface area contributed by atoms with Gasteiger partial charge in [0.25, 0.3) is 0 Å². The number of pyridine rings is 1. The second kappa shape index (κ2) is 9.27. The molecule has 1 heterocycles. The van der Waals surface area contributed by atoms with Crippen LogP contribution in [0.15, 0.2) is 35.2 Å². The van der Waals surface area contributed by atoms with Gasteiger partial charge in [0.15, 0.2) is 11.8 Å². The molecule has 1 aromatic heterocycles. The molecule has 2 aromatic rings. The van der Waals surface area contributed by atoms with Gasteiger partial charge < -0.3 is 25.6 Å². The molecule has 0 amide bonds. The third-order valence-electron chi connectivity index (χ3n) is 3.67. The van der Waals surface area contributed by atoms with E-state index in [2.05, 4.69) is 9.73 Å². The van der Waals surface area contributed by atoms with Gasteiger partial charge in [-0.05, 0) is 26.0 Å². The number of ether oxygens (including phenoxy) is 1. The molecule has 0 radical (unpaired) electrons. The molecule has 0 saturated carbocycles. The van der Waals surface area contributed by atoms with Crippen molar-refractivity contribution in [3.05, 3.63) is 47.3 Å². The molecule has 0 fully saturated rings. The summed E-state index contributed by atoms with van der Waals surface area (Å²) < 4.78 is 14.5. The molecule has 2 unspecified atom stereocenters. The van der Waals surface area contributed by atoms with Crippen LogP contribution >= 0.6 is 8.17 Å². The zero-order chi connectivity index (χ0) is 20.0. The van der Waals surface area contributed by atoms with Crippen molar-refractivity contribution in [2.24, 2.45) is 10.5 Å². The van der Waals surface area contributed by atoms with E-state index in [0.717, 1.165) is 0 Å². The van der Waals surface area contributed by atoms with Crippen molar-refractivity contribution < 1.29 is 29.2 Å². The van der Waals surface area contributed by atoms with Gasteiger partial charge in [0.05, 0.1) is 5.69 Å². The average Bonchev–Trinajstić information content (AvgIpc) is 2.63. The SMILES string of the molecule is Cc1ncc(COc2ccccc2O/[P+]([O-])=N/C(C)C(=O)O)c(CN)c1O. The smallest absolute Gasteiger partial charge is 0.395 e. The Morgan fingerprint density at radius 2 is 2.07 bits per heavy atom. The largest absolute Gasteiger partial charge is 0.575 e. The van der Waals surface area contributed by atoms with Gasteiger partial charge in [-0.2, -0.15) is 0 Å². The number of para-hydroxylation sites is 2. The van der Waals surface area contributed by atoms with Crippen molar-refractivity contribution in [1.82, 2.24) is 4.98 Å². The van der Waals surface area contributed by atoms with Crippen LogP contribution in [0.2, 0.25) is 0 Å². The fourth-order valence-corrected chi connectivity index (χ4v) is 2.88. The highest BCUT2D eigenvalue weighted by molar-refractivity contribution is 7.34. The Morgan fingerprint density at radius 3 is 2.70 bits per heavy atom. The summed E-state index contributed by atoms with van der Waals surface area (Å²) in [5.41, 5.74) is 7.28. The van der Waals surface area contributed by atoms with E-state index in [1.54, 1.807) is 31.3 Å². The first-order chi connectivity index (χ1) is 12.8. The lowest BCUT2D eigenvalue weighted by Crippen LogP contribution is -2.13. The first-order valence-corrected chi connectivity index (χ1v) is 9.13. The van der Waals surface area contributed by atoms with Gasteiger partial charge in [0.2, 0.25) is 5.75 Å². The summed E-state index contributed by atoms with van der Waals surface area (Å²) in [6.07, 6.45) is 1.56. The van der Waals surface area contributed by atoms with Gasteiger partial charge in [-0.15, -0.1) is 0 Å². The number of hydrogen-bond acceptors (Lipinski definition) is 8. The lowest BCUT2D eigenvalue weighted by Gasteiger charge is -2.13. The number of carboxylic acid groups (broad SMARTS) is 1. The predicted octanol–water partition coefficient (Wildman–Crippen LogP) is 1.84. The summed E-state index contributed by atoms with van der Waals surface area (Å²) in [6, 6.07) is 5.31. The van der Waals surface area contributed by atoms with E-state index in [9.17, 15) is 14.8 Å². The number of nitrogens with zero attached hydrogens (tertiary/aromatic N) is 2. The van der Waals surface area contributed by atoms with Crippen LogP contribution in [0.1, 0.15) is 23.7 Å². The Balaban J connectivity index is 2.17. The number of aryl methyl sites for hydroxylation is 1. The Labute approximate surface area is 157 Å². The molecule has 144 valence electrons. The average molecular weight is 393 g/mol. The Bertz CT molecular complexity index is 859. The molecule has 2 rings (SSSR count). The van der Waals surface area contributed by atoms with Gasteiger partial charge in [-0.3, -0.25) is 9.51 Å². The minimum absolute atomic E-state index is 0.0210. The van der Waals surface area contributed by atoms with Crippen LogP contribution < -0.4 is 19.9 Å². The molecule has 0 aliphatic carbocycles. The number of aromatic hydroxyl groups is 1. The maximum atomic E-state index is 11.9. The maximum Gasteiger partial charge on any atom is 0.395 e. The van der Waals surface area contributed by atoms with Gasteiger partial charge in [0.1, 0.15) is 12.4 Å². The van der Waals surface area contributed by atoms with Crippen molar-refractivity contribution in [3.63, 3.8) is 0 Å². The molecular formula is C17H20N3O6P. The minimum Gasteiger partial charge on any atom is -0.575 e. The van der Waals surface area contributed by atoms with E-state index < -0.39 is 20.2 Å². The van der Waals surface area contributed by atoms with Crippen LogP contribution in [0.4, 0.5) is 0 Å². The second-order valence-corrected chi connectivity index (χ2v) is 6.48. The molecule has 0 bridgehead atoms. The molecule has 0 spiro atoms. The fourth-order valence-electron chi connectivity index (χ4n) is 2.14. The van der Waals surface area contributed by atoms with Crippen molar-refractivity contribution in [2.45, 2.75) is 33.0 Å². The van der Waals surface area contributed by atoms with Crippen LogP contribution in [0.5, 0.6) is 17.2 Å². The molecule has 1 aromatic carbocycles. The van der Waals surface area contributed by atoms with Crippen molar-refractivity contribution >= 4 is 14.1 Å². The first kappa shape index (κ1) is 20.6. The van der Waals surface area contributed by atoms with Crippen molar-refractivity contribution in [3.8, 4) is 17.2 Å². The third kappa shape index (κ3) is 5.37. The highest BCUT2D eigenvalue weighted by atomic mass is 31.1. The van der Waals surface area contributed by atoms with Gasteiger partial charge >= 0.3 is 14.1 Å². The summed E-state index contributed by atoms with van der Waals surface area (Å²) in [5, 5.41) is 18.9. The second-order valence-electron chi connectivity index (χ2n) is 5.59. The lowest BCUT2D eigenvalue weighted by atomic mass is 10.1. The Morgan fingerprint density at radius 1 is 1.41 bits per heavy atom. The van der Waals surface area contributed by atoms with E-state index in [-0.39, 0.29) is 30.4 Å². The van der Waals surface area contributed by atoms with Crippen LogP contribution in [0.3, 0.4) is 0 Å². The highest BCUT2D eigenvalue weighted by Crippen LogP contribution is 2.34.